The van der Waals surface area contributed by atoms with Crippen molar-refractivity contribution in [2.24, 2.45) is 0 Å². The van der Waals surface area contributed by atoms with E-state index in [0.717, 1.165) is 36.4 Å². The lowest BCUT2D eigenvalue weighted by atomic mass is 10.0. The molecule has 1 aliphatic heterocycles. The van der Waals surface area contributed by atoms with Crippen LogP contribution >= 0.6 is 0 Å². The van der Waals surface area contributed by atoms with Crippen LogP contribution in [-0.4, -0.2) is 63.7 Å². The molecule has 2 aromatic carbocycles. The number of likely N-dealkylation sites (N-methyl/N-ethyl adjacent to an activating group) is 1. The van der Waals surface area contributed by atoms with E-state index in [2.05, 4.69) is 27.2 Å². The maximum absolute atomic E-state index is 12.8. The van der Waals surface area contributed by atoms with Gasteiger partial charge in [-0.25, -0.2) is 0 Å². The largest absolute Gasteiger partial charge is 0.497 e. The van der Waals surface area contributed by atoms with Crippen molar-refractivity contribution in [3.8, 4) is 11.5 Å². The molecule has 0 radical (unpaired) electrons. The summed E-state index contributed by atoms with van der Waals surface area (Å²) in [6.45, 7) is 1.85. The molecule has 1 saturated heterocycles. The van der Waals surface area contributed by atoms with Crippen molar-refractivity contribution in [2.45, 2.75) is 24.9 Å². The van der Waals surface area contributed by atoms with Gasteiger partial charge in [-0.15, -0.1) is 0 Å². The van der Waals surface area contributed by atoms with Crippen LogP contribution in [0.5, 0.6) is 11.5 Å². The number of benzene rings is 2. The molecular weight excluding hydrogens is 378 g/mol. The Labute approximate surface area is 179 Å². The lowest BCUT2D eigenvalue weighted by molar-refractivity contribution is -0.122. The molecule has 6 heteroatoms. The first-order valence-electron chi connectivity index (χ1n) is 10.5. The molecule has 2 unspecified atom stereocenters. The van der Waals surface area contributed by atoms with Crippen molar-refractivity contribution >= 4 is 5.91 Å². The number of hydrogen-bond donors (Lipinski definition) is 1. The van der Waals surface area contributed by atoms with Crippen molar-refractivity contribution in [1.82, 2.24) is 15.1 Å². The fourth-order valence-electron chi connectivity index (χ4n) is 4.19. The van der Waals surface area contributed by atoms with Crippen molar-refractivity contribution < 1.29 is 14.3 Å². The summed E-state index contributed by atoms with van der Waals surface area (Å²) in [5.41, 5.74) is 2.28. The van der Waals surface area contributed by atoms with E-state index >= 15 is 0 Å². The first kappa shape index (κ1) is 22.1. The van der Waals surface area contributed by atoms with Gasteiger partial charge in [0.05, 0.1) is 26.8 Å². The predicted octanol–water partition coefficient (Wildman–Crippen LogP) is 3.26. The highest BCUT2D eigenvalue weighted by molar-refractivity contribution is 5.78. The zero-order valence-electron chi connectivity index (χ0n) is 18.4. The van der Waals surface area contributed by atoms with E-state index in [9.17, 15) is 4.79 Å². The maximum Gasteiger partial charge on any atom is 0.234 e. The fourth-order valence-corrected chi connectivity index (χ4v) is 4.19. The van der Waals surface area contributed by atoms with Crippen LogP contribution in [-0.2, 0) is 4.79 Å². The Kier molecular flexibility index (Phi) is 7.71. The monoisotopic (exact) mass is 411 g/mol. The van der Waals surface area contributed by atoms with Gasteiger partial charge in [0.15, 0.2) is 0 Å². The van der Waals surface area contributed by atoms with Crippen molar-refractivity contribution in [3.63, 3.8) is 0 Å². The summed E-state index contributed by atoms with van der Waals surface area (Å²) in [6, 6.07) is 16.4. The second kappa shape index (κ2) is 10.5. The third-order valence-electron chi connectivity index (χ3n) is 5.81. The standard InChI is InChI=1S/C24H33N3O3/c1-26(2)22(18-9-6-5-7-10-18)16-25-24(28)17-27-14-8-11-21(27)20-15-19(29-3)12-13-23(20)30-4/h5-7,9-10,12-13,15,21-22H,8,11,14,16-17H2,1-4H3,(H,25,28). The molecule has 2 aromatic rings. The molecule has 2 atom stereocenters. The van der Waals surface area contributed by atoms with Gasteiger partial charge in [0.2, 0.25) is 5.91 Å². The molecule has 1 aliphatic rings. The fraction of sp³-hybridized carbons (Fsp3) is 0.458. The highest BCUT2D eigenvalue weighted by Gasteiger charge is 2.30. The molecule has 6 nitrogen and oxygen atoms in total. The number of nitrogens with zero attached hydrogens (tertiary/aromatic N) is 2. The average molecular weight is 412 g/mol. The van der Waals surface area contributed by atoms with E-state index in [4.69, 9.17) is 9.47 Å². The third kappa shape index (κ3) is 5.32. The summed E-state index contributed by atoms with van der Waals surface area (Å²) < 4.78 is 11.0. The molecule has 0 saturated carbocycles. The van der Waals surface area contributed by atoms with Crippen LogP contribution < -0.4 is 14.8 Å². The number of rotatable bonds is 9. The molecule has 162 valence electrons. The van der Waals surface area contributed by atoms with Gasteiger partial charge in [-0.05, 0) is 57.2 Å². The molecule has 3 rings (SSSR count). The summed E-state index contributed by atoms with van der Waals surface area (Å²) in [5.74, 6) is 1.69. The Balaban J connectivity index is 1.65. The Morgan fingerprint density at radius 2 is 1.93 bits per heavy atom. The Hall–Kier alpha value is -2.57. The third-order valence-corrected chi connectivity index (χ3v) is 5.81. The van der Waals surface area contributed by atoms with E-state index in [1.807, 2.05) is 50.5 Å². The van der Waals surface area contributed by atoms with Crippen molar-refractivity contribution in [1.29, 1.82) is 0 Å². The molecule has 30 heavy (non-hydrogen) atoms. The van der Waals surface area contributed by atoms with Crippen LogP contribution in [0.2, 0.25) is 0 Å². The van der Waals surface area contributed by atoms with Crippen LogP contribution in [0.15, 0.2) is 48.5 Å². The van der Waals surface area contributed by atoms with Gasteiger partial charge in [-0.3, -0.25) is 9.69 Å². The number of carbonyl (C=O) groups excluding carboxylic acids is 1. The molecule has 1 heterocycles. The number of hydrogen-bond acceptors (Lipinski definition) is 5. The smallest absolute Gasteiger partial charge is 0.234 e. The average Bonchev–Trinajstić information content (AvgIpc) is 3.21. The van der Waals surface area contributed by atoms with Crippen molar-refractivity contribution in [3.05, 3.63) is 59.7 Å². The van der Waals surface area contributed by atoms with Crippen LogP contribution in [0, 0.1) is 0 Å². The van der Waals surface area contributed by atoms with Crippen LogP contribution in [0.25, 0.3) is 0 Å². The topological polar surface area (TPSA) is 54.0 Å². The number of methoxy groups -OCH3 is 2. The van der Waals surface area contributed by atoms with Gasteiger partial charge in [0.25, 0.3) is 0 Å². The summed E-state index contributed by atoms with van der Waals surface area (Å²) in [6.07, 6.45) is 2.06. The van der Waals surface area contributed by atoms with E-state index in [1.54, 1.807) is 14.2 Å². The zero-order chi connectivity index (χ0) is 21.5. The second-order valence-corrected chi connectivity index (χ2v) is 7.93. The molecule has 0 aromatic heterocycles. The lowest BCUT2D eigenvalue weighted by Crippen LogP contribution is -2.40. The molecule has 1 fully saturated rings. The van der Waals surface area contributed by atoms with E-state index in [1.165, 1.54) is 5.56 Å². The summed E-state index contributed by atoms with van der Waals surface area (Å²) in [4.78, 5) is 17.2. The lowest BCUT2D eigenvalue weighted by Gasteiger charge is -2.28. The van der Waals surface area contributed by atoms with Gasteiger partial charge < -0.3 is 19.7 Å². The maximum atomic E-state index is 12.8. The minimum atomic E-state index is 0.0477. The number of amides is 1. The first-order valence-corrected chi connectivity index (χ1v) is 10.5. The molecule has 0 spiro atoms. The van der Waals surface area contributed by atoms with E-state index in [-0.39, 0.29) is 18.0 Å². The SMILES string of the molecule is COc1ccc(OC)c(C2CCCN2CC(=O)NCC(c2ccccc2)N(C)C)c1. The summed E-state index contributed by atoms with van der Waals surface area (Å²) in [7, 11) is 7.42. The number of nitrogens with one attached hydrogen (secondary N) is 1. The minimum absolute atomic E-state index is 0.0477. The molecule has 0 aliphatic carbocycles. The second-order valence-electron chi connectivity index (χ2n) is 7.93. The first-order chi connectivity index (χ1) is 14.5. The Morgan fingerprint density at radius 3 is 2.60 bits per heavy atom. The van der Waals surface area contributed by atoms with Gasteiger partial charge >= 0.3 is 0 Å². The molecule has 1 N–H and O–H groups in total. The highest BCUT2D eigenvalue weighted by atomic mass is 16.5. The number of likely N-dealkylation sites (tertiary alicyclic amines) is 1. The predicted molar refractivity (Wildman–Crippen MR) is 119 cm³/mol. The molecular formula is C24H33N3O3. The molecule has 1 amide bonds. The van der Waals surface area contributed by atoms with Crippen molar-refractivity contribution in [2.75, 3.05) is 47.9 Å². The summed E-state index contributed by atoms with van der Waals surface area (Å²) >= 11 is 0. The van der Waals surface area contributed by atoms with Crippen LogP contribution in [0.4, 0.5) is 0 Å². The molecule has 0 bridgehead atoms. The van der Waals surface area contributed by atoms with E-state index < -0.39 is 0 Å². The van der Waals surface area contributed by atoms with Crippen LogP contribution in [0.1, 0.15) is 36.1 Å². The van der Waals surface area contributed by atoms with E-state index in [0.29, 0.717) is 13.1 Å². The van der Waals surface area contributed by atoms with Gasteiger partial charge in [0, 0.05) is 18.2 Å². The Bertz CT molecular complexity index is 826. The minimum Gasteiger partial charge on any atom is -0.497 e. The van der Waals surface area contributed by atoms with Gasteiger partial charge in [-0.2, -0.15) is 0 Å². The normalized spacial score (nSPS) is 17.7. The quantitative estimate of drug-likeness (QED) is 0.686. The number of ether oxygens (including phenoxy) is 2. The zero-order valence-corrected chi connectivity index (χ0v) is 18.4. The highest BCUT2D eigenvalue weighted by Crippen LogP contribution is 2.38. The van der Waals surface area contributed by atoms with Gasteiger partial charge in [-0.1, -0.05) is 30.3 Å². The summed E-state index contributed by atoms with van der Waals surface area (Å²) in [5, 5.41) is 3.13. The Morgan fingerprint density at radius 1 is 1.17 bits per heavy atom. The van der Waals surface area contributed by atoms with Crippen LogP contribution in [0.3, 0.4) is 0 Å². The van der Waals surface area contributed by atoms with Gasteiger partial charge in [0.1, 0.15) is 11.5 Å². The number of carbonyl (C=O) groups is 1.